The van der Waals surface area contributed by atoms with Crippen molar-refractivity contribution >= 4 is 5.91 Å². The van der Waals surface area contributed by atoms with E-state index in [1.165, 1.54) is 32.1 Å². The lowest BCUT2D eigenvalue weighted by molar-refractivity contribution is -0.127. The second-order valence-corrected chi connectivity index (χ2v) is 6.91. The first-order chi connectivity index (χ1) is 8.64. The van der Waals surface area contributed by atoms with Crippen molar-refractivity contribution in [1.29, 1.82) is 0 Å². The molecule has 1 amide bonds. The molecule has 102 valence electrons. The van der Waals surface area contributed by atoms with Gasteiger partial charge in [-0.05, 0) is 68.7 Å². The van der Waals surface area contributed by atoms with Crippen molar-refractivity contribution in [3.8, 4) is 0 Å². The van der Waals surface area contributed by atoms with Crippen molar-refractivity contribution < 1.29 is 4.79 Å². The average molecular weight is 250 g/mol. The van der Waals surface area contributed by atoms with E-state index in [0.29, 0.717) is 18.3 Å². The normalized spacial score (nSPS) is 45.4. The van der Waals surface area contributed by atoms with Crippen molar-refractivity contribution in [2.24, 2.45) is 29.4 Å². The number of carbonyl (C=O) groups excluding carboxylic acids is 1. The number of rotatable bonds is 5. The SMILES string of the molecule is CCCNC1(CC(N)=O)C2CC3CC(C2)CC1C3. The molecule has 3 heteroatoms. The Labute approximate surface area is 110 Å². The molecule has 0 saturated heterocycles. The molecule has 4 rings (SSSR count). The Kier molecular flexibility index (Phi) is 3.13. The maximum absolute atomic E-state index is 11.5. The second kappa shape index (κ2) is 4.52. The molecular weight excluding hydrogens is 224 g/mol. The standard InChI is InChI=1S/C15H26N2O/c1-2-3-17-15(9-14(16)18)12-5-10-4-11(7-12)8-13(15)6-10/h10-13,17H,2-9H2,1H3,(H2,16,18). The lowest BCUT2D eigenvalue weighted by Gasteiger charge is -2.61. The number of hydrogen-bond acceptors (Lipinski definition) is 2. The van der Waals surface area contributed by atoms with Crippen molar-refractivity contribution in [2.45, 2.75) is 57.4 Å². The largest absolute Gasteiger partial charge is 0.370 e. The molecular formula is C15H26N2O. The summed E-state index contributed by atoms with van der Waals surface area (Å²) in [5.41, 5.74) is 5.60. The highest BCUT2D eigenvalue weighted by molar-refractivity contribution is 5.75. The molecule has 3 nitrogen and oxygen atoms in total. The van der Waals surface area contributed by atoms with Gasteiger partial charge < -0.3 is 11.1 Å². The zero-order chi connectivity index (χ0) is 12.8. The number of nitrogens with one attached hydrogen (secondary N) is 1. The number of nitrogens with two attached hydrogens (primary N) is 1. The van der Waals surface area contributed by atoms with Crippen LogP contribution in [0.15, 0.2) is 0 Å². The van der Waals surface area contributed by atoms with Crippen molar-refractivity contribution in [2.75, 3.05) is 6.54 Å². The first kappa shape index (κ1) is 12.5. The number of primary amides is 1. The minimum absolute atomic E-state index is 0.0509. The maximum Gasteiger partial charge on any atom is 0.219 e. The van der Waals surface area contributed by atoms with Gasteiger partial charge in [0.05, 0.1) is 0 Å². The zero-order valence-electron chi connectivity index (χ0n) is 11.5. The molecule has 0 heterocycles. The van der Waals surface area contributed by atoms with Gasteiger partial charge >= 0.3 is 0 Å². The molecule has 0 spiro atoms. The molecule has 3 N–H and O–H groups in total. The molecule has 0 radical (unpaired) electrons. The van der Waals surface area contributed by atoms with Crippen LogP contribution in [0.25, 0.3) is 0 Å². The Morgan fingerprint density at radius 2 is 1.72 bits per heavy atom. The highest BCUT2D eigenvalue weighted by Crippen LogP contribution is 2.59. The first-order valence-electron chi connectivity index (χ1n) is 7.67. The predicted molar refractivity (Wildman–Crippen MR) is 71.9 cm³/mol. The van der Waals surface area contributed by atoms with Gasteiger partial charge in [0.2, 0.25) is 5.91 Å². The molecule has 0 aromatic carbocycles. The number of amides is 1. The molecule has 0 aromatic rings. The molecule has 4 aliphatic carbocycles. The fraction of sp³-hybridized carbons (Fsp3) is 0.933. The summed E-state index contributed by atoms with van der Waals surface area (Å²) in [5, 5.41) is 3.76. The monoisotopic (exact) mass is 250 g/mol. The molecule has 4 fully saturated rings. The topological polar surface area (TPSA) is 55.1 Å². The van der Waals surface area contributed by atoms with Crippen LogP contribution in [-0.2, 0) is 4.79 Å². The quantitative estimate of drug-likeness (QED) is 0.784. The van der Waals surface area contributed by atoms with E-state index in [1.54, 1.807) is 0 Å². The Bertz CT molecular complexity index is 311. The summed E-state index contributed by atoms with van der Waals surface area (Å²) in [6.45, 7) is 3.22. The first-order valence-corrected chi connectivity index (χ1v) is 7.67. The molecule has 4 bridgehead atoms. The Balaban J connectivity index is 1.85. The number of hydrogen-bond donors (Lipinski definition) is 2. The number of carbonyl (C=O) groups is 1. The van der Waals surface area contributed by atoms with E-state index in [4.69, 9.17) is 5.73 Å². The molecule has 0 aliphatic heterocycles. The highest BCUT2D eigenvalue weighted by Gasteiger charge is 2.57. The van der Waals surface area contributed by atoms with E-state index in [9.17, 15) is 4.79 Å². The lowest BCUT2D eigenvalue weighted by atomic mass is 9.47. The summed E-state index contributed by atoms with van der Waals surface area (Å²) in [6, 6.07) is 0. The van der Waals surface area contributed by atoms with Crippen molar-refractivity contribution in [3.63, 3.8) is 0 Å². The van der Waals surface area contributed by atoms with Gasteiger partial charge in [-0.2, -0.15) is 0 Å². The molecule has 18 heavy (non-hydrogen) atoms. The van der Waals surface area contributed by atoms with Crippen LogP contribution in [0.5, 0.6) is 0 Å². The van der Waals surface area contributed by atoms with E-state index in [0.717, 1.165) is 24.8 Å². The maximum atomic E-state index is 11.5. The summed E-state index contributed by atoms with van der Waals surface area (Å²) in [5.74, 6) is 3.17. The summed E-state index contributed by atoms with van der Waals surface area (Å²) in [7, 11) is 0. The van der Waals surface area contributed by atoms with Crippen LogP contribution in [0.4, 0.5) is 0 Å². The van der Waals surface area contributed by atoms with E-state index >= 15 is 0 Å². The second-order valence-electron chi connectivity index (χ2n) is 6.91. The molecule has 0 atom stereocenters. The smallest absolute Gasteiger partial charge is 0.219 e. The van der Waals surface area contributed by atoms with Crippen LogP contribution < -0.4 is 11.1 Å². The van der Waals surface area contributed by atoms with Gasteiger partial charge in [0.15, 0.2) is 0 Å². The van der Waals surface area contributed by atoms with Crippen LogP contribution >= 0.6 is 0 Å². The molecule has 0 unspecified atom stereocenters. The summed E-state index contributed by atoms with van der Waals surface area (Å²) in [6.07, 6.45) is 8.46. The van der Waals surface area contributed by atoms with Crippen LogP contribution in [-0.4, -0.2) is 18.0 Å². The van der Waals surface area contributed by atoms with Gasteiger partial charge in [-0.25, -0.2) is 0 Å². The third-order valence-electron chi connectivity index (χ3n) is 5.77. The molecule has 4 aliphatic rings. The van der Waals surface area contributed by atoms with E-state index in [1.807, 2.05) is 0 Å². The predicted octanol–water partition coefficient (Wildman–Crippen LogP) is 2.06. The molecule has 4 saturated carbocycles. The van der Waals surface area contributed by atoms with Crippen molar-refractivity contribution in [1.82, 2.24) is 5.32 Å². The fourth-order valence-electron chi connectivity index (χ4n) is 5.31. The van der Waals surface area contributed by atoms with E-state index < -0.39 is 0 Å². The van der Waals surface area contributed by atoms with Crippen LogP contribution in [0.2, 0.25) is 0 Å². The van der Waals surface area contributed by atoms with Gasteiger partial charge in [-0.3, -0.25) is 4.79 Å². The fourth-order valence-corrected chi connectivity index (χ4v) is 5.31. The van der Waals surface area contributed by atoms with E-state index in [2.05, 4.69) is 12.2 Å². The lowest BCUT2D eigenvalue weighted by Crippen LogP contribution is -2.66. The van der Waals surface area contributed by atoms with Gasteiger partial charge in [-0.15, -0.1) is 0 Å². The summed E-state index contributed by atoms with van der Waals surface area (Å²) < 4.78 is 0. The van der Waals surface area contributed by atoms with Gasteiger partial charge in [-0.1, -0.05) is 6.92 Å². The van der Waals surface area contributed by atoms with Crippen LogP contribution in [0.3, 0.4) is 0 Å². The van der Waals surface area contributed by atoms with Crippen LogP contribution in [0, 0.1) is 23.7 Å². The van der Waals surface area contributed by atoms with Crippen LogP contribution in [0.1, 0.15) is 51.9 Å². The Hall–Kier alpha value is -0.570. The minimum Gasteiger partial charge on any atom is -0.370 e. The summed E-state index contributed by atoms with van der Waals surface area (Å²) >= 11 is 0. The summed E-state index contributed by atoms with van der Waals surface area (Å²) in [4.78, 5) is 11.5. The average Bonchev–Trinajstić information content (AvgIpc) is 2.31. The highest BCUT2D eigenvalue weighted by atomic mass is 16.1. The van der Waals surface area contributed by atoms with Gasteiger partial charge in [0.1, 0.15) is 0 Å². The Morgan fingerprint density at radius 3 is 2.17 bits per heavy atom. The zero-order valence-corrected chi connectivity index (χ0v) is 11.5. The third-order valence-corrected chi connectivity index (χ3v) is 5.77. The van der Waals surface area contributed by atoms with E-state index in [-0.39, 0.29) is 11.4 Å². The minimum atomic E-state index is -0.119. The van der Waals surface area contributed by atoms with Gasteiger partial charge in [0, 0.05) is 12.0 Å². The third kappa shape index (κ3) is 1.87. The molecule has 0 aromatic heterocycles. The van der Waals surface area contributed by atoms with Crippen molar-refractivity contribution in [3.05, 3.63) is 0 Å². The van der Waals surface area contributed by atoms with Gasteiger partial charge in [0.25, 0.3) is 0 Å². The Morgan fingerprint density at radius 1 is 1.17 bits per heavy atom.